The van der Waals surface area contributed by atoms with Crippen molar-refractivity contribution in [2.45, 2.75) is 12.7 Å². The van der Waals surface area contributed by atoms with Crippen LogP contribution in [0, 0.1) is 0 Å². The monoisotopic (exact) mass is 354 g/mol. The third-order valence-electron chi connectivity index (χ3n) is 3.38. The van der Waals surface area contributed by atoms with Gasteiger partial charge in [-0.2, -0.15) is 13.2 Å². The number of aliphatic imine (C=N–C) groups is 1. The molecule has 0 saturated carbocycles. The van der Waals surface area contributed by atoms with E-state index < -0.39 is 11.7 Å². The van der Waals surface area contributed by atoms with E-state index in [0.29, 0.717) is 19.0 Å². The molecule has 0 aliphatic carbocycles. The quantitative estimate of drug-likeness (QED) is 0.457. The molecule has 2 N–H and O–H groups in total. The van der Waals surface area contributed by atoms with E-state index in [-0.39, 0.29) is 12.4 Å². The van der Waals surface area contributed by atoms with Gasteiger partial charge in [0.05, 0.1) is 12.1 Å². The molecule has 0 fully saturated rings. The first-order valence-corrected chi connectivity index (χ1v) is 7.84. The van der Waals surface area contributed by atoms with Crippen molar-refractivity contribution in [1.82, 2.24) is 15.2 Å². The first-order chi connectivity index (χ1) is 12.0. The van der Waals surface area contributed by atoms with Crippen molar-refractivity contribution in [3.05, 3.63) is 54.4 Å². The van der Waals surface area contributed by atoms with Crippen molar-refractivity contribution < 1.29 is 17.9 Å². The lowest BCUT2D eigenvalue weighted by Crippen LogP contribution is -2.40. The van der Waals surface area contributed by atoms with Crippen LogP contribution in [0.1, 0.15) is 5.56 Å². The Morgan fingerprint density at radius 3 is 2.52 bits per heavy atom. The largest absolute Gasteiger partial charge is 0.492 e. The van der Waals surface area contributed by atoms with Crippen LogP contribution in [0.3, 0.4) is 0 Å². The number of guanidine groups is 1. The zero-order valence-electron chi connectivity index (χ0n) is 13.9. The Morgan fingerprint density at radius 1 is 1.12 bits per heavy atom. The van der Waals surface area contributed by atoms with Gasteiger partial charge < -0.3 is 19.9 Å². The molecule has 1 aromatic heterocycles. The van der Waals surface area contributed by atoms with E-state index >= 15 is 0 Å². The number of nitrogens with zero attached hydrogens (tertiary/aromatic N) is 2. The van der Waals surface area contributed by atoms with Gasteiger partial charge in [-0.05, 0) is 30.3 Å². The minimum absolute atomic E-state index is 0.187. The second-order valence-corrected chi connectivity index (χ2v) is 5.22. The molecule has 5 nitrogen and oxygen atoms in total. The maximum atomic E-state index is 12.6. The summed E-state index contributed by atoms with van der Waals surface area (Å²) >= 11 is 0. The predicted octanol–water partition coefficient (Wildman–Crippen LogP) is 2.75. The van der Waals surface area contributed by atoms with E-state index in [0.717, 1.165) is 18.7 Å². The molecule has 0 bridgehead atoms. The smallest absolute Gasteiger partial charge is 0.416 e. The Bertz CT molecular complexity index is 669. The number of hydrogen-bond acceptors (Lipinski definition) is 2. The number of nitrogens with one attached hydrogen (secondary N) is 2. The van der Waals surface area contributed by atoms with Gasteiger partial charge >= 0.3 is 6.18 Å². The third-order valence-corrected chi connectivity index (χ3v) is 3.38. The number of aromatic nitrogens is 1. The van der Waals surface area contributed by atoms with Crippen LogP contribution in [-0.4, -0.2) is 37.3 Å². The van der Waals surface area contributed by atoms with Crippen LogP contribution in [0.4, 0.5) is 13.2 Å². The van der Waals surface area contributed by atoms with E-state index in [2.05, 4.69) is 15.6 Å². The van der Waals surface area contributed by atoms with Crippen molar-refractivity contribution in [1.29, 1.82) is 0 Å². The van der Waals surface area contributed by atoms with Crippen LogP contribution in [-0.2, 0) is 12.7 Å². The summed E-state index contributed by atoms with van der Waals surface area (Å²) in [4.78, 5) is 4.08. The second-order valence-electron chi connectivity index (χ2n) is 5.22. The van der Waals surface area contributed by atoms with Gasteiger partial charge in [-0.1, -0.05) is 6.07 Å². The molecule has 0 aliphatic heterocycles. The number of ether oxygens (including phenoxy) is 1. The number of rotatable bonds is 7. The zero-order chi connectivity index (χ0) is 18.1. The standard InChI is InChI=1S/C17H21F3N4O/c1-21-16(22-7-11-24-9-2-3-10-24)23-8-12-25-15-6-4-5-14(13-15)17(18,19)20/h2-6,9-10,13H,7-8,11-12H2,1H3,(H2,21,22,23). The molecule has 0 amide bonds. The van der Waals surface area contributed by atoms with Gasteiger partial charge in [-0.25, -0.2) is 0 Å². The van der Waals surface area contributed by atoms with E-state index in [9.17, 15) is 13.2 Å². The Morgan fingerprint density at radius 2 is 1.84 bits per heavy atom. The molecule has 0 spiro atoms. The number of benzene rings is 1. The van der Waals surface area contributed by atoms with Gasteiger partial charge in [0.25, 0.3) is 0 Å². The van der Waals surface area contributed by atoms with Crippen LogP contribution >= 0.6 is 0 Å². The highest BCUT2D eigenvalue weighted by molar-refractivity contribution is 5.79. The first-order valence-electron chi connectivity index (χ1n) is 7.84. The van der Waals surface area contributed by atoms with Gasteiger partial charge in [0.1, 0.15) is 12.4 Å². The van der Waals surface area contributed by atoms with Crippen LogP contribution in [0.15, 0.2) is 53.8 Å². The fourth-order valence-electron chi connectivity index (χ4n) is 2.14. The van der Waals surface area contributed by atoms with Crippen molar-refractivity contribution in [2.75, 3.05) is 26.7 Å². The average molecular weight is 354 g/mol. The topological polar surface area (TPSA) is 50.6 Å². The predicted molar refractivity (Wildman–Crippen MR) is 90.7 cm³/mol. The average Bonchev–Trinajstić information content (AvgIpc) is 3.10. The highest BCUT2D eigenvalue weighted by Gasteiger charge is 2.30. The highest BCUT2D eigenvalue weighted by atomic mass is 19.4. The molecular formula is C17H21F3N4O. The van der Waals surface area contributed by atoms with E-state index in [1.54, 1.807) is 7.05 Å². The van der Waals surface area contributed by atoms with Crippen LogP contribution in [0.25, 0.3) is 0 Å². The molecule has 2 rings (SSSR count). The van der Waals surface area contributed by atoms with Crippen LogP contribution < -0.4 is 15.4 Å². The molecular weight excluding hydrogens is 333 g/mol. The SMILES string of the molecule is CN=C(NCCOc1cccc(C(F)(F)F)c1)NCCn1cccc1. The molecule has 8 heteroatoms. The van der Waals surface area contributed by atoms with Crippen molar-refractivity contribution in [3.63, 3.8) is 0 Å². The molecule has 0 radical (unpaired) electrons. The van der Waals surface area contributed by atoms with E-state index in [1.807, 2.05) is 29.1 Å². The van der Waals surface area contributed by atoms with Gasteiger partial charge in [0.2, 0.25) is 0 Å². The molecule has 1 aromatic carbocycles. The summed E-state index contributed by atoms with van der Waals surface area (Å²) in [6.07, 6.45) is -0.426. The lowest BCUT2D eigenvalue weighted by atomic mass is 10.2. The summed E-state index contributed by atoms with van der Waals surface area (Å²) in [5.74, 6) is 0.798. The summed E-state index contributed by atoms with van der Waals surface area (Å²) in [5.41, 5.74) is -0.722. The third kappa shape index (κ3) is 6.40. The first kappa shape index (κ1) is 18.7. The normalized spacial score (nSPS) is 12.1. The number of hydrogen-bond donors (Lipinski definition) is 2. The van der Waals surface area contributed by atoms with E-state index in [1.165, 1.54) is 12.1 Å². The fourth-order valence-corrected chi connectivity index (χ4v) is 2.14. The molecule has 0 saturated heterocycles. The Hall–Kier alpha value is -2.64. The summed E-state index contributed by atoms with van der Waals surface area (Å²) in [6.45, 7) is 2.14. The van der Waals surface area contributed by atoms with E-state index in [4.69, 9.17) is 4.74 Å². The summed E-state index contributed by atoms with van der Waals surface area (Å²) < 4.78 is 45.3. The summed E-state index contributed by atoms with van der Waals surface area (Å²) in [5, 5.41) is 6.20. The molecule has 1 heterocycles. The van der Waals surface area contributed by atoms with Gasteiger partial charge in [-0.15, -0.1) is 0 Å². The summed E-state index contributed by atoms with van der Waals surface area (Å²) in [6, 6.07) is 8.74. The second kappa shape index (κ2) is 9.00. The van der Waals surface area contributed by atoms with Crippen molar-refractivity contribution in [2.24, 2.45) is 4.99 Å². The minimum atomic E-state index is -4.37. The lowest BCUT2D eigenvalue weighted by molar-refractivity contribution is -0.137. The fraction of sp³-hybridized carbons (Fsp3) is 0.353. The molecule has 25 heavy (non-hydrogen) atoms. The van der Waals surface area contributed by atoms with Gasteiger partial charge in [-0.3, -0.25) is 4.99 Å². The molecule has 0 unspecified atom stereocenters. The van der Waals surface area contributed by atoms with Crippen molar-refractivity contribution in [3.8, 4) is 5.75 Å². The maximum Gasteiger partial charge on any atom is 0.416 e. The van der Waals surface area contributed by atoms with Crippen LogP contribution in [0.5, 0.6) is 5.75 Å². The molecule has 0 aliphatic rings. The molecule has 2 aromatic rings. The maximum absolute atomic E-state index is 12.6. The van der Waals surface area contributed by atoms with Gasteiger partial charge in [0, 0.05) is 32.5 Å². The molecule has 136 valence electrons. The van der Waals surface area contributed by atoms with Gasteiger partial charge in [0.15, 0.2) is 5.96 Å². The summed E-state index contributed by atoms with van der Waals surface area (Å²) in [7, 11) is 1.65. The van der Waals surface area contributed by atoms with Crippen LogP contribution in [0.2, 0.25) is 0 Å². The Kier molecular flexibility index (Phi) is 6.73. The Labute approximate surface area is 144 Å². The van der Waals surface area contributed by atoms with Crippen molar-refractivity contribution >= 4 is 5.96 Å². The number of alkyl halides is 3. The number of halogens is 3. The minimum Gasteiger partial charge on any atom is -0.492 e. The Balaban J connectivity index is 1.69. The highest BCUT2D eigenvalue weighted by Crippen LogP contribution is 2.31. The molecule has 0 atom stereocenters. The lowest BCUT2D eigenvalue weighted by Gasteiger charge is -2.13. The zero-order valence-corrected chi connectivity index (χ0v) is 13.9.